The summed E-state index contributed by atoms with van der Waals surface area (Å²) in [5, 5.41) is 0. The fourth-order valence-corrected chi connectivity index (χ4v) is 0. The van der Waals surface area contributed by atoms with Crippen molar-refractivity contribution in [3.8, 4) is 0 Å². The van der Waals surface area contributed by atoms with E-state index in [2.05, 4.69) is 0 Å². The van der Waals surface area contributed by atoms with E-state index in [9.17, 15) is 0 Å². The van der Waals surface area contributed by atoms with Gasteiger partial charge in [0.15, 0.2) is 0 Å². The largest absolute Gasteiger partial charge is 3.00 e. The Balaban J connectivity index is 0. The minimum atomic E-state index is 0. The number of hydrogen-bond donors (Lipinski definition) is 0. The third kappa shape index (κ3) is 11.5. The van der Waals surface area contributed by atoms with Crippen molar-refractivity contribution in [3.63, 3.8) is 0 Å². The van der Waals surface area contributed by atoms with Gasteiger partial charge < -0.3 is 11.0 Å². The third-order valence-corrected chi connectivity index (χ3v) is 0. The van der Waals surface area contributed by atoms with Crippen LogP contribution in [-0.2, 0) is 25.0 Å². The second-order valence-corrected chi connectivity index (χ2v) is 0. The molecule has 4 heavy (non-hydrogen) atoms. The minimum absolute atomic E-state index is 0. The molecule has 16 valence electrons. The van der Waals surface area contributed by atoms with Gasteiger partial charge in [-0.1, -0.05) is 0 Å². The average Bonchev–Trinajstić information content (AvgIpc) is 0. The molecule has 0 saturated carbocycles. The summed E-state index contributed by atoms with van der Waals surface area (Å²) in [5.41, 5.74) is 0. The summed E-state index contributed by atoms with van der Waals surface area (Å²) in [7, 11) is 0. The van der Waals surface area contributed by atoms with Crippen molar-refractivity contribution in [1.29, 1.82) is 0 Å². The molecule has 0 atom stereocenters. The maximum absolute atomic E-state index is 0. The normalized spacial score (nSPS) is 0. The van der Waals surface area contributed by atoms with E-state index < -0.39 is 0 Å². The summed E-state index contributed by atoms with van der Waals surface area (Å²) in [6.45, 7) is 0. The van der Waals surface area contributed by atoms with Crippen LogP contribution >= 0.6 is 0 Å². The van der Waals surface area contributed by atoms with Crippen molar-refractivity contribution in [3.05, 3.63) is 0 Å². The van der Waals surface area contributed by atoms with Crippen LogP contribution in [0.25, 0.3) is 0 Å². The zero-order chi connectivity index (χ0) is 0. The molecule has 4 heteroatoms. The zero-order valence-electron chi connectivity index (χ0n) is 2.19. The summed E-state index contributed by atoms with van der Waals surface area (Å²) < 4.78 is 0. The molecule has 0 fully saturated rings. The Morgan fingerprint density at radius 2 is 1.00 bits per heavy atom. The molecule has 0 aliphatic rings. The van der Waals surface area contributed by atoms with Crippen molar-refractivity contribution in [1.82, 2.24) is 0 Å². The molecule has 0 radical (unpaired) electrons. The van der Waals surface area contributed by atoms with Gasteiger partial charge in [-0.3, -0.25) is 0 Å². The molecule has 0 aromatic heterocycles. The Hall–Kier alpha value is 1.08. The molecule has 0 saturated heterocycles. The van der Waals surface area contributed by atoms with Crippen LogP contribution in [0.4, 0.5) is 0 Å². The molecule has 0 heterocycles. The Labute approximate surface area is 48.1 Å². The van der Waals surface area contributed by atoms with E-state index >= 15 is 0 Å². The van der Waals surface area contributed by atoms with Gasteiger partial charge in [-0.05, 0) is 0 Å². The van der Waals surface area contributed by atoms with Crippen LogP contribution in [0.2, 0.25) is 0 Å². The van der Waals surface area contributed by atoms with E-state index in [0.717, 1.165) is 0 Å². The van der Waals surface area contributed by atoms with Gasteiger partial charge in [-0.25, -0.2) is 0 Å². The first-order chi connectivity index (χ1) is 0. The summed E-state index contributed by atoms with van der Waals surface area (Å²) in [4.78, 5) is 0. The molecule has 0 unspecified atom stereocenters. The Morgan fingerprint density at radius 1 is 1.00 bits per heavy atom. The van der Waals surface area contributed by atoms with Crippen molar-refractivity contribution in [2.45, 2.75) is 0 Å². The third-order valence-electron chi connectivity index (χ3n) is 0. The Kier molecular flexibility index (Phi) is 607. The number of hydrogen-bond acceptors (Lipinski definition) is 0. The minimum Gasteiger partial charge on any atom is -2.00 e. The quantitative estimate of drug-likeness (QED) is 0.361. The van der Waals surface area contributed by atoms with E-state index in [-0.39, 0.29) is 47.8 Å². The maximum Gasteiger partial charge on any atom is 3.00 e. The molecule has 0 aliphatic carbocycles. The average molecular weight is 126 g/mol. The van der Waals surface area contributed by atoms with Gasteiger partial charge in [0.25, 0.3) is 0 Å². The van der Waals surface area contributed by atoms with Gasteiger partial charge in [-0.2, -0.15) is 0 Å². The first kappa shape index (κ1) is 72.9. The standard InChI is InChI=1S/Al.H2O.O.Zn/h;1H2;;/q+3;;-2;+2. The molecular formula is H2AlO2Zn+3. The Morgan fingerprint density at radius 3 is 1.00 bits per heavy atom. The van der Waals surface area contributed by atoms with Crippen LogP contribution in [0.15, 0.2) is 0 Å². The summed E-state index contributed by atoms with van der Waals surface area (Å²) >= 11 is 0. The van der Waals surface area contributed by atoms with Crippen molar-refractivity contribution >= 4 is 17.4 Å². The van der Waals surface area contributed by atoms with E-state index in [1.54, 1.807) is 0 Å². The smallest absolute Gasteiger partial charge is 2.00 e. The predicted octanol–water partition coefficient (Wildman–Crippen LogP) is -1.33. The molecule has 0 aliphatic heterocycles. The second kappa shape index (κ2) is 33.3. The summed E-state index contributed by atoms with van der Waals surface area (Å²) in [5.74, 6) is 0. The topological polar surface area (TPSA) is 60.0 Å². The zero-order valence-corrected chi connectivity index (χ0v) is 6.31. The first-order valence-electron chi connectivity index (χ1n) is 0. The van der Waals surface area contributed by atoms with Crippen molar-refractivity contribution < 1.29 is 30.4 Å². The molecule has 0 bridgehead atoms. The van der Waals surface area contributed by atoms with Crippen LogP contribution in [0.3, 0.4) is 0 Å². The van der Waals surface area contributed by atoms with Gasteiger partial charge >= 0.3 is 36.8 Å². The SMILES string of the molecule is O.[Al+3].[O-2].[Zn+2]. The van der Waals surface area contributed by atoms with Gasteiger partial charge in [0, 0.05) is 0 Å². The maximum atomic E-state index is 0. The molecule has 0 spiro atoms. The fourth-order valence-electron chi connectivity index (χ4n) is 0. The predicted molar refractivity (Wildman–Crippen MR) is 10.1 cm³/mol. The molecule has 0 amide bonds. The first-order valence-corrected chi connectivity index (χ1v) is 0. The molecule has 0 rings (SSSR count). The van der Waals surface area contributed by atoms with E-state index in [1.807, 2.05) is 0 Å². The van der Waals surface area contributed by atoms with Crippen LogP contribution < -0.4 is 0 Å². The molecule has 0 aromatic rings. The van der Waals surface area contributed by atoms with E-state index in [1.165, 1.54) is 0 Å². The molecular weight excluding hydrogens is 124 g/mol. The van der Waals surface area contributed by atoms with Gasteiger partial charge in [0.05, 0.1) is 0 Å². The van der Waals surface area contributed by atoms with Crippen molar-refractivity contribution in [2.75, 3.05) is 0 Å². The second-order valence-electron chi connectivity index (χ2n) is 0. The van der Waals surface area contributed by atoms with E-state index in [4.69, 9.17) is 0 Å². The Bertz CT molecular complexity index is 6.00. The molecule has 0 aromatic carbocycles. The van der Waals surface area contributed by atoms with Gasteiger partial charge in [-0.15, -0.1) is 0 Å². The number of rotatable bonds is 0. The monoisotopic (exact) mass is 125 g/mol. The van der Waals surface area contributed by atoms with Crippen LogP contribution in [0, 0.1) is 0 Å². The van der Waals surface area contributed by atoms with E-state index in [0.29, 0.717) is 0 Å². The van der Waals surface area contributed by atoms with Crippen LogP contribution in [0.1, 0.15) is 0 Å². The van der Waals surface area contributed by atoms with Crippen LogP contribution in [0.5, 0.6) is 0 Å². The fraction of sp³-hybridized carbons (Fsp3) is 0. The molecule has 2 nitrogen and oxygen atoms in total. The summed E-state index contributed by atoms with van der Waals surface area (Å²) in [6, 6.07) is 0. The van der Waals surface area contributed by atoms with Gasteiger partial charge in [0.2, 0.25) is 0 Å². The van der Waals surface area contributed by atoms with Crippen molar-refractivity contribution in [2.24, 2.45) is 0 Å². The summed E-state index contributed by atoms with van der Waals surface area (Å²) in [6.07, 6.45) is 0. The van der Waals surface area contributed by atoms with Gasteiger partial charge in [0.1, 0.15) is 0 Å². The molecule has 2 N–H and O–H groups in total. The van der Waals surface area contributed by atoms with Crippen LogP contribution in [-0.4, -0.2) is 22.8 Å².